The van der Waals surface area contributed by atoms with E-state index in [9.17, 15) is 0 Å². The van der Waals surface area contributed by atoms with E-state index in [1.807, 2.05) is 18.2 Å². The molecule has 1 aliphatic carbocycles. The Bertz CT molecular complexity index is 1280. The first-order valence-electron chi connectivity index (χ1n) is 12.6. The lowest BCUT2D eigenvalue weighted by Crippen LogP contribution is -2.40. The molecule has 1 aliphatic rings. The van der Waals surface area contributed by atoms with E-state index < -0.39 is 0 Å². The Morgan fingerprint density at radius 1 is 1.14 bits per heavy atom. The summed E-state index contributed by atoms with van der Waals surface area (Å²) >= 11 is 3.62. The summed E-state index contributed by atoms with van der Waals surface area (Å²) < 4.78 is 18.8. The maximum Gasteiger partial charge on any atom is 0.305 e. The van der Waals surface area contributed by atoms with Crippen molar-refractivity contribution in [2.45, 2.75) is 72.1 Å². The predicted octanol–water partition coefficient (Wildman–Crippen LogP) is 9.39. The number of benzene rings is 2. The summed E-state index contributed by atoms with van der Waals surface area (Å²) in [5.74, 6) is 3.18. The third-order valence-corrected chi connectivity index (χ3v) is 8.48. The second-order valence-electron chi connectivity index (χ2n) is 11.2. The van der Waals surface area contributed by atoms with Gasteiger partial charge >= 0.3 is 5.95 Å². The maximum atomic E-state index is 6.36. The van der Waals surface area contributed by atoms with Crippen molar-refractivity contribution in [1.29, 1.82) is 0 Å². The lowest BCUT2D eigenvalue weighted by Gasteiger charge is -2.46. The van der Waals surface area contributed by atoms with Gasteiger partial charge in [-0.15, -0.1) is 0 Å². The first-order valence-corrected chi connectivity index (χ1v) is 13.4. The Balaban J connectivity index is 1.64. The van der Waals surface area contributed by atoms with Gasteiger partial charge in [0.25, 0.3) is 0 Å². The fraction of sp³-hybridized carbons (Fsp3) is 0.419. The predicted molar refractivity (Wildman–Crippen MR) is 153 cm³/mol. The molecule has 3 aromatic rings. The van der Waals surface area contributed by atoms with Crippen LogP contribution in [0.4, 0.5) is 5.69 Å². The van der Waals surface area contributed by atoms with Crippen LogP contribution in [0.1, 0.15) is 76.0 Å². The van der Waals surface area contributed by atoms with Gasteiger partial charge in [-0.1, -0.05) is 66.3 Å². The van der Waals surface area contributed by atoms with Crippen LogP contribution < -0.4 is 14.8 Å². The van der Waals surface area contributed by atoms with Crippen molar-refractivity contribution in [3.8, 4) is 17.4 Å². The normalized spacial score (nSPS) is 17.9. The van der Waals surface area contributed by atoms with Gasteiger partial charge in [0.1, 0.15) is 16.0 Å². The van der Waals surface area contributed by atoms with E-state index >= 15 is 0 Å². The minimum atomic E-state index is 0.0750. The summed E-state index contributed by atoms with van der Waals surface area (Å²) in [7, 11) is 1.67. The van der Waals surface area contributed by atoms with Gasteiger partial charge in [-0.05, 0) is 86.8 Å². The first-order chi connectivity index (χ1) is 16.9. The molecule has 0 spiro atoms. The first kappa shape index (κ1) is 26.4. The molecule has 2 aromatic carbocycles. The summed E-state index contributed by atoms with van der Waals surface area (Å²) in [6.07, 6.45) is 2.00. The molecule has 0 aliphatic heterocycles. The molecule has 1 unspecified atom stereocenters. The van der Waals surface area contributed by atoms with Crippen LogP contribution in [-0.2, 0) is 17.3 Å². The van der Waals surface area contributed by atoms with Gasteiger partial charge < -0.3 is 19.2 Å². The van der Waals surface area contributed by atoms with Crippen molar-refractivity contribution in [3.63, 3.8) is 0 Å². The summed E-state index contributed by atoms with van der Waals surface area (Å²) in [6, 6.07) is 12.4. The number of hydrogen-bond donors (Lipinski definition) is 1. The van der Waals surface area contributed by atoms with Gasteiger partial charge in [0, 0.05) is 6.07 Å². The molecule has 0 fully saturated rings. The quantitative estimate of drug-likeness (QED) is 0.317. The fourth-order valence-corrected chi connectivity index (χ4v) is 5.72. The van der Waals surface area contributed by atoms with Gasteiger partial charge in [0.05, 0.1) is 18.5 Å². The molecule has 1 atom stereocenters. The number of halogens is 1. The molecule has 36 heavy (non-hydrogen) atoms. The molecule has 0 radical (unpaired) electrons. The lowest BCUT2D eigenvalue weighted by atomic mass is 9.58. The van der Waals surface area contributed by atoms with E-state index in [0.717, 1.165) is 45.6 Å². The summed E-state index contributed by atoms with van der Waals surface area (Å²) in [4.78, 5) is 0. The van der Waals surface area contributed by atoms with Gasteiger partial charge in [-0.2, -0.15) is 0 Å². The number of ether oxygens (including phenoxy) is 2. The van der Waals surface area contributed by atoms with Crippen molar-refractivity contribution in [1.82, 2.24) is 0 Å². The minimum Gasteiger partial charge on any atom is -0.495 e. The number of methoxy groups -OCH3 is 1. The average Bonchev–Trinajstić information content (AvgIpc) is 3.19. The number of para-hydroxylation sites is 1. The zero-order valence-electron chi connectivity index (χ0n) is 22.8. The zero-order valence-corrected chi connectivity index (χ0v) is 24.4. The molecule has 5 heteroatoms. The Hall–Kier alpha value is -2.66. The number of rotatable bonds is 7. The van der Waals surface area contributed by atoms with Crippen molar-refractivity contribution in [2.24, 2.45) is 5.92 Å². The van der Waals surface area contributed by atoms with Crippen LogP contribution in [0.2, 0.25) is 0 Å². The van der Waals surface area contributed by atoms with E-state index in [4.69, 9.17) is 13.9 Å². The van der Waals surface area contributed by atoms with Gasteiger partial charge in [0.15, 0.2) is 5.76 Å². The molecule has 0 bridgehead atoms. The molecule has 192 valence electrons. The minimum absolute atomic E-state index is 0.0750. The van der Waals surface area contributed by atoms with E-state index in [0.29, 0.717) is 23.3 Å². The largest absolute Gasteiger partial charge is 0.495 e. The molecule has 1 aromatic heterocycles. The zero-order chi connectivity index (χ0) is 26.4. The molecular weight excluding hydrogens is 514 g/mol. The van der Waals surface area contributed by atoms with Crippen LogP contribution in [0.25, 0.3) is 5.70 Å². The molecule has 1 N–H and O–H groups in total. The highest BCUT2D eigenvalue weighted by Gasteiger charge is 2.42. The monoisotopic (exact) mass is 551 g/mol. The van der Waals surface area contributed by atoms with E-state index in [1.165, 1.54) is 11.1 Å². The fourth-order valence-electron chi connectivity index (χ4n) is 5.35. The topological polar surface area (TPSA) is 43.6 Å². The highest BCUT2D eigenvalue weighted by Crippen LogP contribution is 2.51. The molecule has 0 amide bonds. The number of nitrogens with one attached hydrogen (secondary N) is 1. The highest BCUT2D eigenvalue weighted by molar-refractivity contribution is 9.10. The second kappa shape index (κ2) is 9.66. The average molecular weight is 553 g/mol. The van der Waals surface area contributed by atoms with Gasteiger partial charge in [0.2, 0.25) is 0 Å². The smallest absolute Gasteiger partial charge is 0.305 e. The van der Waals surface area contributed by atoms with Crippen molar-refractivity contribution in [3.05, 3.63) is 75.5 Å². The van der Waals surface area contributed by atoms with Crippen LogP contribution in [0.3, 0.4) is 0 Å². The molecule has 4 nitrogen and oxygen atoms in total. The van der Waals surface area contributed by atoms with Crippen molar-refractivity contribution < 1.29 is 13.9 Å². The molecule has 0 saturated carbocycles. The Morgan fingerprint density at radius 2 is 1.86 bits per heavy atom. The van der Waals surface area contributed by atoms with Crippen molar-refractivity contribution >= 4 is 27.3 Å². The number of fused-ring (bicyclic) bond motifs is 1. The third kappa shape index (κ3) is 4.70. The summed E-state index contributed by atoms with van der Waals surface area (Å²) in [5, 5.41) is 3.39. The van der Waals surface area contributed by atoms with Crippen LogP contribution >= 0.6 is 15.9 Å². The Labute approximate surface area is 224 Å². The molecular formula is C31H38BrNO3. The molecule has 1 heterocycles. The number of furan rings is 1. The SMILES string of the molecule is C=C(Nc1c(CC)cccc1OC)c1cc(Br)c(Oc2cc3c(cc2C)C(C)(C)C(C)CC3(C)C)o1. The third-order valence-electron chi connectivity index (χ3n) is 7.93. The van der Waals surface area contributed by atoms with Crippen molar-refractivity contribution in [2.75, 3.05) is 12.4 Å². The number of anilines is 1. The maximum absolute atomic E-state index is 6.36. The summed E-state index contributed by atoms with van der Waals surface area (Å²) in [5.41, 5.74) is 6.71. The number of hydrogen-bond acceptors (Lipinski definition) is 4. The summed E-state index contributed by atoms with van der Waals surface area (Å²) in [6.45, 7) is 20.2. The van der Waals surface area contributed by atoms with Crippen LogP contribution in [0, 0.1) is 12.8 Å². The lowest BCUT2D eigenvalue weighted by molar-refractivity contribution is 0.232. The Morgan fingerprint density at radius 3 is 2.53 bits per heavy atom. The van der Waals surface area contributed by atoms with Crippen LogP contribution in [-0.4, -0.2) is 7.11 Å². The number of aryl methyl sites for hydroxylation is 2. The van der Waals surface area contributed by atoms with Crippen LogP contribution in [0.15, 0.2) is 51.9 Å². The van der Waals surface area contributed by atoms with Crippen LogP contribution in [0.5, 0.6) is 17.4 Å². The van der Waals surface area contributed by atoms with Gasteiger partial charge in [-0.25, -0.2) is 0 Å². The van der Waals surface area contributed by atoms with E-state index in [-0.39, 0.29) is 10.8 Å². The molecule has 0 saturated heterocycles. The second-order valence-corrected chi connectivity index (χ2v) is 12.0. The molecule has 4 rings (SSSR count). The van der Waals surface area contributed by atoms with E-state index in [1.54, 1.807) is 7.11 Å². The standard InChI is InChI=1S/C31H38BrNO3/c1-10-21-12-11-13-25(34-9)28(21)33-20(4)27-16-24(32)29(36-27)35-26-15-22-23(14-18(26)2)31(7,8)19(3)17-30(22,5)6/h11-16,19,33H,4,10,17H2,1-3,5-9H3. The van der Waals surface area contributed by atoms with Gasteiger partial charge in [-0.3, -0.25) is 0 Å². The Kier molecular flexibility index (Phi) is 7.09. The van der Waals surface area contributed by atoms with E-state index in [2.05, 4.69) is 94.5 Å². The highest BCUT2D eigenvalue weighted by atomic mass is 79.9.